The summed E-state index contributed by atoms with van der Waals surface area (Å²) in [5.74, 6) is 0.141. The maximum atomic E-state index is 12.1. The summed E-state index contributed by atoms with van der Waals surface area (Å²) < 4.78 is 16.9. The number of hydrogen-bond acceptors (Lipinski definition) is 3. The molecule has 2 atom stereocenters. The van der Waals surface area contributed by atoms with Crippen molar-refractivity contribution in [1.82, 2.24) is 5.32 Å². The van der Waals surface area contributed by atoms with Gasteiger partial charge in [0.05, 0.1) is 5.02 Å². The number of halogens is 2. The van der Waals surface area contributed by atoms with Crippen LogP contribution in [-0.2, 0) is 22.1 Å². The molecule has 0 aliphatic carbocycles. The van der Waals surface area contributed by atoms with Crippen molar-refractivity contribution in [3.05, 3.63) is 58.1 Å². The van der Waals surface area contributed by atoms with E-state index in [0.717, 1.165) is 10.5 Å². The Morgan fingerprint density at radius 2 is 1.88 bits per heavy atom. The zero-order valence-corrected chi connectivity index (χ0v) is 15.5. The van der Waals surface area contributed by atoms with Gasteiger partial charge in [-0.3, -0.25) is 9.00 Å². The topological polar surface area (TPSA) is 55.4 Å². The summed E-state index contributed by atoms with van der Waals surface area (Å²) in [4.78, 5) is 12.9. The fourth-order valence-corrected chi connectivity index (χ4v) is 2.92. The second kappa shape index (κ2) is 8.51. The van der Waals surface area contributed by atoms with Crippen molar-refractivity contribution in [3.8, 4) is 5.75 Å². The van der Waals surface area contributed by atoms with Crippen LogP contribution in [0.1, 0.15) is 12.5 Å². The Morgan fingerprint density at radius 3 is 2.46 bits per heavy atom. The molecule has 0 heterocycles. The van der Waals surface area contributed by atoms with Crippen molar-refractivity contribution >= 4 is 39.9 Å². The molecule has 4 nitrogen and oxygen atoms in total. The molecule has 7 heteroatoms. The van der Waals surface area contributed by atoms with Crippen LogP contribution in [0.4, 0.5) is 0 Å². The van der Waals surface area contributed by atoms with E-state index in [9.17, 15) is 9.00 Å². The predicted molar refractivity (Wildman–Crippen MR) is 97.2 cm³/mol. The molecular formula is C17H17Cl2NO3S. The van der Waals surface area contributed by atoms with Gasteiger partial charge < -0.3 is 10.1 Å². The van der Waals surface area contributed by atoms with Gasteiger partial charge in [0.2, 0.25) is 0 Å². The van der Waals surface area contributed by atoms with E-state index < -0.39 is 16.9 Å². The van der Waals surface area contributed by atoms with Crippen molar-refractivity contribution in [2.75, 3.05) is 6.26 Å². The molecule has 0 unspecified atom stereocenters. The van der Waals surface area contributed by atoms with E-state index in [1.807, 2.05) is 12.1 Å². The van der Waals surface area contributed by atoms with E-state index in [1.165, 1.54) is 0 Å². The summed E-state index contributed by atoms with van der Waals surface area (Å²) in [5.41, 5.74) is 0.911. The maximum absolute atomic E-state index is 12.1. The van der Waals surface area contributed by atoms with Crippen molar-refractivity contribution < 1.29 is 13.7 Å². The Balaban J connectivity index is 1.90. The van der Waals surface area contributed by atoms with E-state index in [2.05, 4.69) is 5.32 Å². The SMILES string of the molecule is C[C@@H](Oc1ccc(Cl)cc1Cl)C(=O)NCc1ccc([S@@](C)=O)cc1. The Hall–Kier alpha value is -1.56. The van der Waals surface area contributed by atoms with E-state index in [0.29, 0.717) is 22.3 Å². The Morgan fingerprint density at radius 1 is 1.21 bits per heavy atom. The average Bonchev–Trinajstić information content (AvgIpc) is 2.55. The summed E-state index contributed by atoms with van der Waals surface area (Å²) in [5, 5.41) is 3.64. The molecule has 24 heavy (non-hydrogen) atoms. The third-order valence-electron chi connectivity index (χ3n) is 3.29. The standard InChI is InChI=1S/C17H17Cl2NO3S/c1-11(23-16-8-5-13(18)9-15(16)19)17(21)20-10-12-3-6-14(7-4-12)24(2)22/h3-9,11H,10H2,1-2H3,(H,20,21)/t11-,24-/m1/s1. The van der Waals surface area contributed by atoms with Crippen LogP contribution in [0.25, 0.3) is 0 Å². The second-order valence-electron chi connectivity index (χ2n) is 5.15. The van der Waals surface area contributed by atoms with Crippen LogP contribution < -0.4 is 10.1 Å². The first-order chi connectivity index (χ1) is 11.4. The molecule has 0 saturated carbocycles. The van der Waals surface area contributed by atoms with Crippen LogP contribution in [0, 0.1) is 0 Å². The van der Waals surface area contributed by atoms with Crippen LogP contribution >= 0.6 is 23.2 Å². The summed E-state index contributed by atoms with van der Waals surface area (Å²) in [6.07, 6.45) is 0.920. The van der Waals surface area contributed by atoms with Crippen molar-refractivity contribution in [2.24, 2.45) is 0 Å². The number of amides is 1. The minimum atomic E-state index is -1.01. The highest BCUT2D eigenvalue weighted by Crippen LogP contribution is 2.28. The molecule has 2 aromatic carbocycles. The van der Waals surface area contributed by atoms with Crippen LogP contribution in [0.15, 0.2) is 47.4 Å². The molecule has 0 aliphatic heterocycles. The van der Waals surface area contributed by atoms with Gasteiger partial charge in [0, 0.05) is 33.5 Å². The van der Waals surface area contributed by atoms with Gasteiger partial charge in [-0.05, 0) is 42.8 Å². The van der Waals surface area contributed by atoms with Crippen molar-refractivity contribution in [1.29, 1.82) is 0 Å². The molecule has 0 spiro atoms. The lowest BCUT2D eigenvalue weighted by atomic mass is 10.2. The third kappa shape index (κ3) is 5.23. The molecule has 0 aromatic heterocycles. The molecule has 0 radical (unpaired) electrons. The van der Waals surface area contributed by atoms with Gasteiger partial charge in [-0.25, -0.2) is 0 Å². The molecular weight excluding hydrogens is 369 g/mol. The first-order valence-corrected chi connectivity index (χ1v) is 9.50. The average molecular weight is 386 g/mol. The van der Waals surface area contributed by atoms with Gasteiger partial charge in [0.15, 0.2) is 6.10 Å². The molecule has 0 bridgehead atoms. The van der Waals surface area contributed by atoms with Gasteiger partial charge in [0.1, 0.15) is 5.75 Å². The lowest BCUT2D eigenvalue weighted by Crippen LogP contribution is -2.35. The molecule has 2 aromatic rings. The fraction of sp³-hybridized carbons (Fsp3) is 0.235. The largest absolute Gasteiger partial charge is 0.479 e. The fourth-order valence-electron chi connectivity index (χ4n) is 1.95. The van der Waals surface area contributed by atoms with Crippen LogP contribution in [0.3, 0.4) is 0 Å². The lowest BCUT2D eigenvalue weighted by Gasteiger charge is -2.16. The van der Waals surface area contributed by atoms with E-state index >= 15 is 0 Å². The molecule has 1 amide bonds. The smallest absolute Gasteiger partial charge is 0.261 e. The maximum Gasteiger partial charge on any atom is 0.261 e. The predicted octanol–water partition coefficient (Wildman–Crippen LogP) is 3.81. The van der Waals surface area contributed by atoms with Crippen molar-refractivity contribution in [3.63, 3.8) is 0 Å². The first-order valence-electron chi connectivity index (χ1n) is 7.18. The van der Waals surface area contributed by atoms with Gasteiger partial charge >= 0.3 is 0 Å². The van der Waals surface area contributed by atoms with E-state index in [1.54, 1.807) is 43.5 Å². The van der Waals surface area contributed by atoms with Crippen LogP contribution in [0.2, 0.25) is 10.0 Å². The number of hydrogen-bond donors (Lipinski definition) is 1. The van der Waals surface area contributed by atoms with Crippen LogP contribution in [-0.4, -0.2) is 22.5 Å². The number of carbonyl (C=O) groups is 1. The first kappa shape index (κ1) is 18.8. The molecule has 0 fully saturated rings. The van der Waals surface area contributed by atoms with E-state index in [4.69, 9.17) is 27.9 Å². The normalized spacial score (nSPS) is 13.2. The van der Waals surface area contributed by atoms with Gasteiger partial charge in [-0.2, -0.15) is 0 Å². The number of ether oxygens (including phenoxy) is 1. The Labute approximate surface area is 153 Å². The van der Waals surface area contributed by atoms with E-state index in [-0.39, 0.29) is 5.91 Å². The number of carbonyl (C=O) groups excluding carboxylic acids is 1. The highest BCUT2D eigenvalue weighted by Gasteiger charge is 2.16. The minimum absolute atomic E-state index is 0.260. The highest BCUT2D eigenvalue weighted by atomic mass is 35.5. The summed E-state index contributed by atoms with van der Waals surface area (Å²) in [7, 11) is -1.01. The molecule has 0 aliphatic rings. The van der Waals surface area contributed by atoms with Crippen LogP contribution in [0.5, 0.6) is 5.75 Å². The zero-order valence-electron chi connectivity index (χ0n) is 13.2. The van der Waals surface area contributed by atoms with Crippen molar-refractivity contribution in [2.45, 2.75) is 24.5 Å². The summed E-state index contributed by atoms with van der Waals surface area (Å²) in [6.45, 7) is 2.00. The Kier molecular flexibility index (Phi) is 6.66. The zero-order chi connectivity index (χ0) is 17.7. The number of nitrogens with one attached hydrogen (secondary N) is 1. The molecule has 0 saturated heterocycles. The monoisotopic (exact) mass is 385 g/mol. The third-order valence-corrected chi connectivity index (χ3v) is 4.76. The quantitative estimate of drug-likeness (QED) is 0.822. The number of benzene rings is 2. The molecule has 2 rings (SSSR count). The Bertz CT molecular complexity index is 750. The summed E-state index contributed by atoms with van der Waals surface area (Å²) >= 11 is 11.9. The molecule has 128 valence electrons. The van der Waals surface area contributed by atoms with Gasteiger partial charge in [-0.1, -0.05) is 35.3 Å². The molecule has 1 N–H and O–H groups in total. The highest BCUT2D eigenvalue weighted by molar-refractivity contribution is 7.84. The minimum Gasteiger partial charge on any atom is -0.479 e. The lowest BCUT2D eigenvalue weighted by molar-refractivity contribution is -0.127. The second-order valence-corrected chi connectivity index (χ2v) is 7.37. The van der Waals surface area contributed by atoms with Gasteiger partial charge in [0.25, 0.3) is 5.91 Å². The summed E-state index contributed by atoms with van der Waals surface area (Å²) in [6, 6.07) is 12.1. The number of rotatable bonds is 6. The van der Waals surface area contributed by atoms with Gasteiger partial charge in [-0.15, -0.1) is 0 Å².